The summed E-state index contributed by atoms with van der Waals surface area (Å²) in [6, 6.07) is 8.13. The van der Waals surface area contributed by atoms with Gasteiger partial charge in [0, 0.05) is 22.8 Å². The lowest BCUT2D eigenvalue weighted by molar-refractivity contribution is -0.121. The monoisotopic (exact) mass is 398 g/mol. The molecule has 0 bridgehead atoms. The van der Waals surface area contributed by atoms with Gasteiger partial charge in [0.2, 0.25) is 11.9 Å². The average molecular weight is 400 g/mol. The van der Waals surface area contributed by atoms with Crippen LogP contribution in [0.5, 0.6) is 0 Å². The number of nitrogens with zero attached hydrogens (tertiary/aromatic N) is 2. The molecular formula is C16H20BrClN4O. The predicted octanol–water partition coefficient (Wildman–Crippen LogP) is 2.91. The maximum absolute atomic E-state index is 12.3. The highest BCUT2D eigenvalue weighted by molar-refractivity contribution is 9.10. The molecule has 23 heavy (non-hydrogen) atoms. The Bertz CT molecular complexity index is 654. The zero-order valence-electron chi connectivity index (χ0n) is 12.8. The number of carbonyl (C=O) groups excluding carboxylic acids is 1. The minimum absolute atomic E-state index is 0. The van der Waals surface area contributed by atoms with Crippen molar-refractivity contribution in [1.29, 1.82) is 0 Å². The highest BCUT2D eigenvalue weighted by Gasteiger charge is 2.29. The fourth-order valence-corrected chi connectivity index (χ4v) is 2.71. The first kappa shape index (κ1) is 18.0. The number of hydrogen-bond acceptors (Lipinski definition) is 3. The summed E-state index contributed by atoms with van der Waals surface area (Å²) in [5.74, 6) is 1.07. The fraction of sp³-hybridized carbons (Fsp3) is 0.375. The molecule has 1 aliphatic rings. The van der Waals surface area contributed by atoms with Gasteiger partial charge in [-0.15, -0.1) is 12.4 Å². The van der Waals surface area contributed by atoms with Crippen LogP contribution in [-0.4, -0.2) is 28.5 Å². The van der Waals surface area contributed by atoms with E-state index in [9.17, 15) is 4.79 Å². The molecule has 0 aliphatic carbocycles. The highest BCUT2D eigenvalue weighted by atomic mass is 79.9. The Morgan fingerprint density at radius 2 is 2.13 bits per heavy atom. The molecule has 0 saturated carbocycles. The van der Waals surface area contributed by atoms with Crippen LogP contribution in [0.25, 0.3) is 0 Å². The summed E-state index contributed by atoms with van der Waals surface area (Å²) in [6.45, 7) is 4.49. The van der Waals surface area contributed by atoms with Gasteiger partial charge in [-0.25, -0.2) is 4.98 Å². The van der Waals surface area contributed by atoms with Crippen LogP contribution >= 0.6 is 28.3 Å². The van der Waals surface area contributed by atoms with E-state index in [4.69, 9.17) is 0 Å². The van der Waals surface area contributed by atoms with Crippen LogP contribution < -0.4 is 10.6 Å². The van der Waals surface area contributed by atoms with Crippen LogP contribution in [0.15, 0.2) is 41.1 Å². The van der Waals surface area contributed by atoms with Crippen molar-refractivity contribution in [3.63, 3.8) is 0 Å². The largest absolute Gasteiger partial charge is 0.316 e. The molecule has 3 rings (SSSR count). The minimum Gasteiger partial charge on any atom is -0.316 e. The first-order valence-electron chi connectivity index (χ1n) is 7.40. The van der Waals surface area contributed by atoms with Crippen LogP contribution in [0.2, 0.25) is 0 Å². The molecule has 1 atom stereocenters. The molecule has 2 aromatic rings. The molecule has 1 unspecified atom stereocenters. The number of aromatic nitrogens is 2. The molecule has 1 fully saturated rings. The molecule has 5 nitrogen and oxygen atoms in total. The topological polar surface area (TPSA) is 59.0 Å². The second-order valence-corrected chi connectivity index (χ2v) is 6.62. The number of imidazole rings is 1. The molecule has 1 aliphatic heterocycles. The van der Waals surface area contributed by atoms with Gasteiger partial charge in [-0.1, -0.05) is 35.0 Å². The van der Waals surface area contributed by atoms with Gasteiger partial charge < -0.3 is 9.88 Å². The van der Waals surface area contributed by atoms with Gasteiger partial charge in [0.15, 0.2) is 0 Å². The summed E-state index contributed by atoms with van der Waals surface area (Å²) < 4.78 is 3.01. The van der Waals surface area contributed by atoms with Crippen LogP contribution in [0.3, 0.4) is 0 Å². The van der Waals surface area contributed by atoms with E-state index < -0.39 is 0 Å². The first-order valence-corrected chi connectivity index (χ1v) is 8.20. The van der Waals surface area contributed by atoms with Crippen molar-refractivity contribution in [2.24, 2.45) is 11.8 Å². The van der Waals surface area contributed by atoms with Gasteiger partial charge in [-0.05, 0) is 36.7 Å². The number of nitrogens with one attached hydrogen (secondary N) is 2. The summed E-state index contributed by atoms with van der Waals surface area (Å²) in [5.41, 5.74) is 1.16. The standard InChI is InChI=1S/C16H19BrN4O.ClH/c1-11(13-8-18-9-13)15(22)20-16-19-6-7-21(16)10-12-2-4-14(17)5-3-12;/h2-7,11,13,18H,8-10H2,1H3,(H,19,20,22);1H. The van der Waals surface area contributed by atoms with Crippen molar-refractivity contribution in [3.05, 3.63) is 46.7 Å². The number of anilines is 1. The summed E-state index contributed by atoms with van der Waals surface area (Å²) in [6.07, 6.45) is 3.59. The van der Waals surface area contributed by atoms with Crippen LogP contribution in [0.4, 0.5) is 5.95 Å². The molecular weight excluding hydrogens is 380 g/mol. The van der Waals surface area contributed by atoms with E-state index in [0.29, 0.717) is 18.4 Å². The lowest BCUT2D eigenvalue weighted by atomic mass is 9.88. The number of rotatable bonds is 5. The van der Waals surface area contributed by atoms with E-state index in [1.165, 1.54) is 0 Å². The molecule has 1 aromatic heterocycles. The number of amides is 1. The highest BCUT2D eigenvalue weighted by Crippen LogP contribution is 2.18. The molecule has 0 spiro atoms. The molecule has 1 saturated heterocycles. The van der Waals surface area contributed by atoms with Crippen molar-refractivity contribution >= 4 is 40.2 Å². The van der Waals surface area contributed by atoms with E-state index in [1.807, 2.05) is 29.8 Å². The Balaban J connectivity index is 0.00000192. The Morgan fingerprint density at radius 3 is 2.74 bits per heavy atom. The first-order chi connectivity index (χ1) is 10.6. The molecule has 0 radical (unpaired) electrons. The summed E-state index contributed by atoms with van der Waals surface area (Å²) in [4.78, 5) is 16.6. The third-order valence-corrected chi connectivity index (χ3v) is 4.68. The van der Waals surface area contributed by atoms with E-state index in [-0.39, 0.29) is 24.2 Å². The zero-order valence-corrected chi connectivity index (χ0v) is 15.2. The van der Waals surface area contributed by atoms with Crippen LogP contribution in [0, 0.1) is 11.8 Å². The van der Waals surface area contributed by atoms with E-state index in [2.05, 4.69) is 43.7 Å². The van der Waals surface area contributed by atoms with Gasteiger partial charge in [0.1, 0.15) is 0 Å². The van der Waals surface area contributed by atoms with Crippen LogP contribution in [-0.2, 0) is 11.3 Å². The second-order valence-electron chi connectivity index (χ2n) is 5.70. The number of benzene rings is 1. The lowest BCUT2D eigenvalue weighted by Gasteiger charge is -2.31. The van der Waals surface area contributed by atoms with Gasteiger partial charge in [0.05, 0.1) is 6.54 Å². The summed E-state index contributed by atoms with van der Waals surface area (Å²) in [5, 5.41) is 6.15. The van der Waals surface area contributed by atoms with Crippen LogP contribution in [0.1, 0.15) is 12.5 Å². The third-order valence-electron chi connectivity index (χ3n) is 4.15. The Labute approximate surface area is 150 Å². The molecule has 2 N–H and O–H groups in total. The SMILES string of the molecule is CC(C(=O)Nc1nccn1Cc1ccc(Br)cc1)C1CNC1.Cl. The molecule has 124 valence electrons. The van der Waals surface area contributed by atoms with Gasteiger partial charge in [0.25, 0.3) is 0 Å². The number of carbonyl (C=O) groups is 1. The Kier molecular flexibility index (Phi) is 6.21. The lowest BCUT2D eigenvalue weighted by Crippen LogP contribution is -2.48. The summed E-state index contributed by atoms with van der Waals surface area (Å²) >= 11 is 3.43. The molecule has 7 heteroatoms. The van der Waals surface area contributed by atoms with E-state index >= 15 is 0 Å². The van der Waals surface area contributed by atoms with E-state index in [1.54, 1.807) is 6.20 Å². The smallest absolute Gasteiger partial charge is 0.229 e. The number of halogens is 2. The molecule has 1 aromatic carbocycles. The fourth-order valence-electron chi connectivity index (χ4n) is 2.45. The third kappa shape index (κ3) is 4.34. The van der Waals surface area contributed by atoms with Crippen molar-refractivity contribution in [1.82, 2.24) is 14.9 Å². The number of hydrogen-bond donors (Lipinski definition) is 2. The van der Waals surface area contributed by atoms with Crippen molar-refractivity contribution in [2.75, 3.05) is 18.4 Å². The molecule has 2 heterocycles. The Hall–Kier alpha value is -1.37. The molecule has 1 amide bonds. The maximum atomic E-state index is 12.3. The normalized spacial score (nSPS) is 15.4. The van der Waals surface area contributed by atoms with Gasteiger partial charge in [-0.3, -0.25) is 10.1 Å². The second kappa shape index (κ2) is 7.95. The quantitative estimate of drug-likeness (QED) is 0.813. The maximum Gasteiger partial charge on any atom is 0.229 e. The predicted molar refractivity (Wildman–Crippen MR) is 96.9 cm³/mol. The summed E-state index contributed by atoms with van der Waals surface area (Å²) in [7, 11) is 0. The van der Waals surface area contributed by atoms with Crippen molar-refractivity contribution < 1.29 is 4.79 Å². The Morgan fingerprint density at radius 1 is 1.43 bits per heavy atom. The van der Waals surface area contributed by atoms with Gasteiger partial charge >= 0.3 is 0 Å². The van der Waals surface area contributed by atoms with Crippen molar-refractivity contribution in [3.8, 4) is 0 Å². The van der Waals surface area contributed by atoms with Crippen molar-refractivity contribution in [2.45, 2.75) is 13.5 Å². The zero-order chi connectivity index (χ0) is 15.5. The van der Waals surface area contributed by atoms with Gasteiger partial charge in [-0.2, -0.15) is 0 Å². The van der Waals surface area contributed by atoms with E-state index in [0.717, 1.165) is 23.1 Å². The average Bonchev–Trinajstić information content (AvgIpc) is 2.86. The minimum atomic E-state index is -0.000851.